The van der Waals surface area contributed by atoms with Crippen LogP contribution in [0.5, 0.6) is 0 Å². The number of amides is 2. The normalized spacial score (nSPS) is 23.9. The third-order valence-corrected chi connectivity index (χ3v) is 8.89. The second-order valence-electron chi connectivity index (χ2n) is 10.5. The van der Waals surface area contributed by atoms with Crippen LogP contribution in [0.1, 0.15) is 53.9 Å². The summed E-state index contributed by atoms with van der Waals surface area (Å²) in [5.74, 6) is 0.621. The first kappa shape index (κ1) is 24.3. The van der Waals surface area contributed by atoms with E-state index in [1.54, 1.807) is 11.1 Å². The van der Waals surface area contributed by atoms with Crippen molar-refractivity contribution in [1.82, 2.24) is 25.2 Å². The molecule has 4 N–H and O–H groups in total. The molecular formula is C26H31FN6O3S. The van der Waals surface area contributed by atoms with Crippen molar-refractivity contribution in [3.63, 3.8) is 0 Å². The van der Waals surface area contributed by atoms with Crippen molar-refractivity contribution < 1.29 is 19.1 Å². The lowest BCUT2D eigenvalue weighted by atomic mass is 10.0. The zero-order valence-electron chi connectivity index (χ0n) is 20.7. The molecule has 2 amide bonds. The number of hydrogen-bond donors (Lipinski definition) is 4. The molecule has 9 nitrogen and oxygen atoms in total. The van der Waals surface area contributed by atoms with Gasteiger partial charge in [0.05, 0.1) is 16.9 Å². The number of aromatic nitrogens is 3. The number of nitrogens with one attached hydrogen (secondary N) is 3. The van der Waals surface area contributed by atoms with Gasteiger partial charge in [0.15, 0.2) is 0 Å². The number of rotatable bonds is 8. The van der Waals surface area contributed by atoms with E-state index in [9.17, 15) is 19.1 Å². The largest absolute Gasteiger partial charge is 0.384 e. The molecule has 2 aliphatic carbocycles. The maximum absolute atomic E-state index is 12.8. The van der Waals surface area contributed by atoms with Gasteiger partial charge in [0, 0.05) is 49.4 Å². The van der Waals surface area contributed by atoms with Crippen LogP contribution in [0.25, 0.3) is 21.6 Å². The zero-order valence-corrected chi connectivity index (χ0v) is 21.5. The number of halogens is 1. The molecule has 3 aromatic heterocycles. The van der Waals surface area contributed by atoms with Crippen molar-refractivity contribution in [3.05, 3.63) is 29.0 Å². The maximum atomic E-state index is 12.8. The number of carbonyl (C=O) groups is 2. The molecule has 1 saturated heterocycles. The van der Waals surface area contributed by atoms with Crippen molar-refractivity contribution in [3.8, 4) is 10.6 Å². The van der Waals surface area contributed by atoms with Crippen molar-refractivity contribution in [2.75, 3.05) is 31.6 Å². The average molecular weight is 527 g/mol. The number of anilines is 1. The summed E-state index contributed by atoms with van der Waals surface area (Å²) in [4.78, 5) is 40.1. The van der Waals surface area contributed by atoms with Crippen LogP contribution in [0.2, 0.25) is 0 Å². The number of aliphatic hydroxyl groups is 1. The third kappa shape index (κ3) is 4.59. The zero-order chi connectivity index (χ0) is 25.7. The number of carbonyl (C=O) groups excluding carboxylic acids is 2. The molecule has 1 unspecified atom stereocenters. The molecule has 37 heavy (non-hydrogen) atoms. The molecule has 3 aliphatic rings. The number of fused-ring (bicyclic) bond motifs is 2. The van der Waals surface area contributed by atoms with Gasteiger partial charge in [0.1, 0.15) is 28.3 Å². The van der Waals surface area contributed by atoms with Gasteiger partial charge in [-0.3, -0.25) is 9.59 Å². The van der Waals surface area contributed by atoms with E-state index in [4.69, 9.17) is 4.98 Å². The molecule has 2 saturated carbocycles. The molecular weight excluding hydrogens is 495 g/mol. The molecule has 6 rings (SSSR count). The number of hydrogen-bond acceptors (Lipinski definition) is 7. The Morgan fingerprint density at radius 3 is 2.73 bits per heavy atom. The third-order valence-electron chi connectivity index (χ3n) is 7.79. The van der Waals surface area contributed by atoms with Crippen molar-refractivity contribution in [1.29, 1.82) is 0 Å². The number of alkyl halides is 1. The van der Waals surface area contributed by atoms with Gasteiger partial charge in [-0.05, 0) is 50.5 Å². The van der Waals surface area contributed by atoms with Gasteiger partial charge >= 0.3 is 0 Å². The Kier molecular flexibility index (Phi) is 6.36. The quantitative estimate of drug-likeness (QED) is 0.357. The number of pyridine rings is 1. The second kappa shape index (κ2) is 9.68. The van der Waals surface area contributed by atoms with E-state index in [-0.39, 0.29) is 30.3 Å². The smallest absolute Gasteiger partial charge is 0.263 e. The van der Waals surface area contributed by atoms with Crippen molar-refractivity contribution in [2.24, 2.45) is 11.8 Å². The summed E-state index contributed by atoms with van der Waals surface area (Å²) in [5, 5.41) is 17.8. The summed E-state index contributed by atoms with van der Waals surface area (Å²) in [6, 6.07) is 2.23. The molecule has 0 bridgehead atoms. The average Bonchev–Trinajstić information content (AvgIpc) is 3.21. The summed E-state index contributed by atoms with van der Waals surface area (Å²) in [5.41, 5.74) is 3.37. The number of aliphatic hydroxyl groups excluding tert-OH is 1. The minimum Gasteiger partial charge on any atom is -0.384 e. The van der Waals surface area contributed by atoms with Gasteiger partial charge in [-0.25, -0.2) is 14.4 Å². The number of likely N-dealkylation sites (tertiary alicyclic amines) is 1. The van der Waals surface area contributed by atoms with Crippen molar-refractivity contribution in [2.45, 2.75) is 50.7 Å². The Morgan fingerprint density at radius 2 is 2.05 bits per heavy atom. The SMILES string of the molecule is C[C@H](O)C(=O)N1C[C@H]2CC(Nc3c(-c4nc(C5CC5)c(C(=O)NCCF)s4)cnc4[nH]ccc34)C[C@H]2C1. The first-order valence-corrected chi connectivity index (χ1v) is 13.8. The van der Waals surface area contributed by atoms with Crippen LogP contribution in [0, 0.1) is 11.8 Å². The van der Waals surface area contributed by atoms with E-state index in [0.717, 1.165) is 58.7 Å². The molecule has 1 aliphatic heterocycles. The van der Waals surface area contributed by atoms with Gasteiger partial charge in [0.25, 0.3) is 11.8 Å². The van der Waals surface area contributed by atoms with E-state index in [2.05, 4.69) is 20.6 Å². The monoisotopic (exact) mass is 526 g/mol. The van der Waals surface area contributed by atoms with Crippen LogP contribution in [0.15, 0.2) is 18.5 Å². The van der Waals surface area contributed by atoms with E-state index in [1.165, 1.54) is 18.3 Å². The molecule has 0 spiro atoms. The fraction of sp³-hybridized carbons (Fsp3) is 0.538. The highest BCUT2D eigenvalue weighted by molar-refractivity contribution is 7.17. The van der Waals surface area contributed by atoms with E-state index < -0.39 is 12.8 Å². The van der Waals surface area contributed by atoms with Crippen LogP contribution in [-0.4, -0.2) is 75.2 Å². The van der Waals surface area contributed by atoms with Crippen LogP contribution in [0.4, 0.5) is 10.1 Å². The highest BCUT2D eigenvalue weighted by Crippen LogP contribution is 2.46. The van der Waals surface area contributed by atoms with E-state index >= 15 is 0 Å². The molecule has 3 aromatic rings. The Morgan fingerprint density at radius 1 is 1.30 bits per heavy atom. The first-order valence-electron chi connectivity index (χ1n) is 13.0. The van der Waals surface area contributed by atoms with Crippen molar-refractivity contribution >= 4 is 39.9 Å². The summed E-state index contributed by atoms with van der Waals surface area (Å²) >= 11 is 1.34. The standard InChI is InChI=1S/C26H31FN6O3S/c1-13(34)26(36)33-11-15-8-17(9-16(15)12-33)31-21-18-4-6-28-23(18)30-10-19(21)25-32-20(14-2-3-14)22(37-25)24(35)29-7-5-27/h4,6,10,13-17,34H,2-3,5,7-9,11-12H2,1H3,(H,29,35)(H2,28,30,31)/t13-,15-,16+,17?/m0/s1. The number of nitrogens with zero attached hydrogens (tertiary/aromatic N) is 3. The number of aromatic amines is 1. The lowest BCUT2D eigenvalue weighted by Gasteiger charge is -2.22. The highest BCUT2D eigenvalue weighted by atomic mass is 32.1. The van der Waals surface area contributed by atoms with Gasteiger partial charge in [0.2, 0.25) is 0 Å². The summed E-state index contributed by atoms with van der Waals surface area (Å²) in [7, 11) is 0. The summed E-state index contributed by atoms with van der Waals surface area (Å²) in [6.07, 6.45) is 6.59. The fourth-order valence-corrected chi connectivity index (χ4v) is 6.96. The topological polar surface area (TPSA) is 123 Å². The summed E-state index contributed by atoms with van der Waals surface area (Å²) < 4.78 is 12.7. The van der Waals surface area contributed by atoms with Crippen LogP contribution in [-0.2, 0) is 4.79 Å². The van der Waals surface area contributed by atoms with Gasteiger partial charge in [-0.1, -0.05) is 0 Å². The Labute approximate surface area is 217 Å². The van der Waals surface area contributed by atoms with Crippen LogP contribution < -0.4 is 10.6 Å². The van der Waals surface area contributed by atoms with E-state index in [1.807, 2.05) is 12.3 Å². The lowest BCUT2D eigenvalue weighted by Crippen LogP contribution is -2.37. The Hall–Kier alpha value is -3.05. The summed E-state index contributed by atoms with van der Waals surface area (Å²) in [6.45, 7) is 2.28. The number of thiazole rings is 1. The van der Waals surface area contributed by atoms with E-state index in [0.29, 0.717) is 29.8 Å². The predicted octanol–water partition coefficient (Wildman–Crippen LogP) is 3.29. The highest BCUT2D eigenvalue weighted by Gasteiger charge is 2.43. The Bertz CT molecular complexity index is 1320. The van der Waals surface area contributed by atoms with Gasteiger partial charge in [-0.15, -0.1) is 11.3 Å². The number of H-pyrrole nitrogens is 1. The second-order valence-corrected chi connectivity index (χ2v) is 11.5. The molecule has 4 atom stereocenters. The van der Waals surface area contributed by atoms with Gasteiger partial charge in [-0.2, -0.15) is 0 Å². The molecule has 196 valence electrons. The fourth-order valence-electron chi connectivity index (χ4n) is 5.88. The minimum absolute atomic E-state index is 0.00982. The predicted molar refractivity (Wildman–Crippen MR) is 139 cm³/mol. The molecule has 0 aromatic carbocycles. The molecule has 3 fully saturated rings. The van der Waals surface area contributed by atoms with Gasteiger partial charge < -0.3 is 25.6 Å². The lowest BCUT2D eigenvalue weighted by molar-refractivity contribution is -0.138. The maximum Gasteiger partial charge on any atom is 0.263 e. The minimum atomic E-state index is -0.961. The van der Waals surface area contributed by atoms with Crippen LogP contribution in [0.3, 0.4) is 0 Å². The first-order chi connectivity index (χ1) is 17.9. The molecule has 4 heterocycles. The Balaban J connectivity index is 1.28. The van der Waals surface area contributed by atoms with Crippen LogP contribution >= 0.6 is 11.3 Å². The molecule has 11 heteroatoms. The molecule has 0 radical (unpaired) electrons.